The summed E-state index contributed by atoms with van der Waals surface area (Å²) in [5, 5.41) is 43.3. The Bertz CT molecular complexity index is 173. The third kappa shape index (κ3) is 3.31. The Morgan fingerprint density at radius 1 is 1.15 bits per heavy atom. The Morgan fingerprint density at radius 3 is 1.85 bits per heavy atom. The van der Waals surface area contributed by atoms with Crippen LogP contribution in [0, 0.1) is 5.92 Å². The SMILES string of the molecule is [B]CC(C(=O)O)C(O)C(O)C(O)O. The van der Waals surface area contributed by atoms with Crippen LogP contribution in [-0.2, 0) is 4.79 Å². The van der Waals surface area contributed by atoms with Gasteiger partial charge in [0.25, 0.3) is 0 Å². The molecule has 0 rings (SSSR count). The van der Waals surface area contributed by atoms with Gasteiger partial charge >= 0.3 is 5.97 Å². The predicted octanol–water partition coefficient (Wildman–Crippen LogP) is -2.69. The van der Waals surface area contributed by atoms with Crippen molar-refractivity contribution in [2.24, 2.45) is 5.92 Å². The van der Waals surface area contributed by atoms with Gasteiger partial charge in [-0.15, -0.1) is 0 Å². The molecule has 0 aromatic heterocycles. The van der Waals surface area contributed by atoms with E-state index in [0.717, 1.165) is 0 Å². The van der Waals surface area contributed by atoms with Crippen LogP contribution in [0.3, 0.4) is 0 Å². The molecule has 5 N–H and O–H groups in total. The first-order valence-corrected chi connectivity index (χ1v) is 3.57. The Kier molecular flexibility index (Phi) is 4.93. The van der Waals surface area contributed by atoms with Crippen LogP contribution in [0.15, 0.2) is 0 Å². The summed E-state index contributed by atoms with van der Waals surface area (Å²) in [4.78, 5) is 10.4. The summed E-state index contributed by atoms with van der Waals surface area (Å²) >= 11 is 0. The van der Waals surface area contributed by atoms with E-state index < -0.39 is 36.7 Å². The largest absolute Gasteiger partial charge is 0.481 e. The lowest BCUT2D eigenvalue weighted by Gasteiger charge is -2.23. The predicted molar refractivity (Wildman–Crippen MR) is 41.9 cm³/mol. The molecule has 74 valence electrons. The minimum atomic E-state index is -2.19. The van der Waals surface area contributed by atoms with Crippen molar-refractivity contribution in [2.75, 3.05) is 0 Å². The zero-order valence-electron chi connectivity index (χ0n) is 6.74. The lowest BCUT2D eigenvalue weighted by Crippen LogP contribution is -2.44. The first kappa shape index (κ1) is 12.4. The number of carboxylic acid groups (broad SMARTS) is 1. The maximum atomic E-state index is 10.4. The molecule has 3 unspecified atom stereocenters. The van der Waals surface area contributed by atoms with Gasteiger partial charge in [-0.25, -0.2) is 0 Å². The molecule has 13 heavy (non-hydrogen) atoms. The summed E-state index contributed by atoms with van der Waals surface area (Å²) in [6.07, 6.45) is -6.34. The summed E-state index contributed by atoms with van der Waals surface area (Å²) in [6.45, 7) is 0. The van der Waals surface area contributed by atoms with Crippen LogP contribution < -0.4 is 0 Å². The van der Waals surface area contributed by atoms with E-state index >= 15 is 0 Å². The fraction of sp³-hybridized carbons (Fsp3) is 0.833. The standard InChI is InChI=1S/C6H11BO6/c7-1-2(5(10)11)3(8)4(9)6(12)13/h2-4,6,8-9,12-13H,1H2,(H,10,11). The van der Waals surface area contributed by atoms with Gasteiger partial charge in [-0.1, -0.05) is 6.32 Å². The van der Waals surface area contributed by atoms with Gasteiger partial charge in [-0.05, 0) is 0 Å². The van der Waals surface area contributed by atoms with Crippen molar-refractivity contribution < 1.29 is 30.3 Å². The molecule has 0 aromatic carbocycles. The van der Waals surface area contributed by atoms with Gasteiger partial charge in [0.1, 0.15) is 6.10 Å². The zero-order valence-corrected chi connectivity index (χ0v) is 6.74. The number of aliphatic carboxylic acids is 1. The number of rotatable bonds is 5. The number of hydrogen-bond donors (Lipinski definition) is 5. The summed E-state index contributed by atoms with van der Waals surface area (Å²) in [7, 11) is 5.00. The molecular weight excluding hydrogens is 179 g/mol. The van der Waals surface area contributed by atoms with Crippen LogP contribution in [-0.4, -0.2) is 57.8 Å². The van der Waals surface area contributed by atoms with Crippen LogP contribution in [0.1, 0.15) is 0 Å². The molecule has 0 heterocycles. The van der Waals surface area contributed by atoms with Gasteiger partial charge < -0.3 is 25.5 Å². The maximum Gasteiger partial charge on any atom is 0.308 e. The van der Waals surface area contributed by atoms with Gasteiger partial charge in [0.2, 0.25) is 0 Å². The topological polar surface area (TPSA) is 118 Å². The highest BCUT2D eigenvalue weighted by Crippen LogP contribution is 2.13. The van der Waals surface area contributed by atoms with Crippen molar-refractivity contribution in [1.29, 1.82) is 0 Å². The second-order valence-corrected chi connectivity index (χ2v) is 2.58. The van der Waals surface area contributed by atoms with E-state index in [1.54, 1.807) is 0 Å². The number of carbonyl (C=O) groups is 1. The molecule has 0 spiro atoms. The van der Waals surface area contributed by atoms with E-state index in [1.807, 2.05) is 0 Å². The highest BCUT2D eigenvalue weighted by Gasteiger charge is 2.33. The van der Waals surface area contributed by atoms with E-state index in [2.05, 4.69) is 0 Å². The van der Waals surface area contributed by atoms with Gasteiger partial charge in [-0.2, -0.15) is 0 Å². The van der Waals surface area contributed by atoms with Crippen LogP contribution >= 0.6 is 0 Å². The summed E-state index contributed by atoms with van der Waals surface area (Å²) in [5.41, 5.74) is 0. The highest BCUT2D eigenvalue weighted by molar-refractivity contribution is 6.10. The molecule has 0 aromatic rings. The molecule has 0 saturated carbocycles. The molecule has 0 fully saturated rings. The normalized spacial score (nSPS) is 18.2. The summed E-state index contributed by atoms with van der Waals surface area (Å²) in [5.74, 6) is -2.83. The van der Waals surface area contributed by atoms with E-state index in [0.29, 0.717) is 0 Å². The third-order valence-electron chi connectivity index (χ3n) is 1.64. The van der Waals surface area contributed by atoms with Crippen molar-refractivity contribution in [3.05, 3.63) is 0 Å². The minimum Gasteiger partial charge on any atom is -0.481 e. The smallest absolute Gasteiger partial charge is 0.308 e. The van der Waals surface area contributed by atoms with E-state index in [1.165, 1.54) is 0 Å². The molecule has 0 aliphatic carbocycles. The quantitative estimate of drug-likeness (QED) is 0.238. The monoisotopic (exact) mass is 190 g/mol. The fourth-order valence-corrected chi connectivity index (χ4v) is 0.801. The molecule has 7 heteroatoms. The molecule has 0 aliphatic rings. The minimum absolute atomic E-state index is 0.402. The molecule has 0 saturated heterocycles. The van der Waals surface area contributed by atoms with Crippen LogP contribution in [0.2, 0.25) is 6.32 Å². The Morgan fingerprint density at radius 2 is 1.62 bits per heavy atom. The Labute approximate surface area is 75.8 Å². The number of aliphatic hydroxyl groups excluding tert-OH is 3. The van der Waals surface area contributed by atoms with Crippen molar-refractivity contribution in [1.82, 2.24) is 0 Å². The molecule has 3 atom stereocenters. The maximum absolute atomic E-state index is 10.4. The lowest BCUT2D eigenvalue weighted by atomic mass is 9.85. The van der Waals surface area contributed by atoms with Gasteiger partial charge in [0.05, 0.1) is 19.9 Å². The van der Waals surface area contributed by atoms with Crippen molar-refractivity contribution in [3.63, 3.8) is 0 Å². The molecule has 0 aliphatic heterocycles. The van der Waals surface area contributed by atoms with Crippen molar-refractivity contribution in [3.8, 4) is 0 Å². The first-order chi connectivity index (χ1) is 5.91. The van der Waals surface area contributed by atoms with Crippen LogP contribution in [0.4, 0.5) is 0 Å². The van der Waals surface area contributed by atoms with Gasteiger partial charge in [0, 0.05) is 0 Å². The lowest BCUT2D eigenvalue weighted by molar-refractivity contribution is -0.175. The van der Waals surface area contributed by atoms with E-state index in [4.69, 9.17) is 33.4 Å². The number of hydrogen-bond acceptors (Lipinski definition) is 5. The van der Waals surface area contributed by atoms with Crippen LogP contribution in [0.5, 0.6) is 0 Å². The van der Waals surface area contributed by atoms with Gasteiger partial charge in [-0.3, -0.25) is 4.79 Å². The number of aliphatic hydroxyl groups is 4. The summed E-state index contributed by atoms with van der Waals surface area (Å²) < 4.78 is 0. The molecular formula is C6H11BO6. The zero-order chi connectivity index (χ0) is 10.6. The Balaban J connectivity index is 4.36. The van der Waals surface area contributed by atoms with Crippen LogP contribution in [0.25, 0.3) is 0 Å². The molecule has 6 nitrogen and oxygen atoms in total. The third-order valence-corrected chi connectivity index (χ3v) is 1.64. The molecule has 0 bridgehead atoms. The fourth-order valence-electron chi connectivity index (χ4n) is 0.801. The average molecular weight is 190 g/mol. The summed E-state index contributed by atoms with van der Waals surface area (Å²) in [6, 6.07) is 0. The van der Waals surface area contributed by atoms with Gasteiger partial charge in [0.15, 0.2) is 6.29 Å². The average Bonchev–Trinajstić information content (AvgIpc) is 2.03. The second kappa shape index (κ2) is 5.18. The van der Waals surface area contributed by atoms with Crippen molar-refractivity contribution >= 4 is 13.8 Å². The van der Waals surface area contributed by atoms with E-state index in [9.17, 15) is 4.79 Å². The molecule has 2 radical (unpaired) electrons. The second-order valence-electron chi connectivity index (χ2n) is 2.58. The highest BCUT2D eigenvalue weighted by atomic mass is 16.5. The molecule has 0 amide bonds. The Hall–Kier alpha value is -0.625. The van der Waals surface area contributed by atoms with Crippen molar-refractivity contribution in [2.45, 2.75) is 24.8 Å². The first-order valence-electron chi connectivity index (χ1n) is 3.57. The number of carboxylic acids is 1. The van der Waals surface area contributed by atoms with E-state index in [-0.39, 0.29) is 0 Å².